The largest absolute Gasteiger partial charge is 0.467 e. The summed E-state index contributed by atoms with van der Waals surface area (Å²) in [5, 5.41) is 0. The van der Waals surface area contributed by atoms with Crippen LogP contribution >= 0.6 is 0 Å². The van der Waals surface area contributed by atoms with Crippen LogP contribution in [-0.2, 0) is 0 Å². The highest BCUT2D eigenvalue weighted by Crippen LogP contribution is 2.38. The van der Waals surface area contributed by atoms with Crippen LogP contribution in [0.5, 0.6) is 5.75 Å². The summed E-state index contributed by atoms with van der Waals surface area (Å²) in [6.07, 6.45) is -15.8. The van der Waals surface area contributed by atoms with E-state index in [0.29, 0.717) is 6.07 Å². The number of Topliss-reactive ketones (excluding diaryl/α,β-unsaturated/α-hetero) is 1. The zero-order valence-electron chi connectivity index (χ0n) is 9.77. The van der Waals surface area contributed by atoms with E-state index < -0.39 is 41.4 Å². The van der Waals surface area contributed by atoms with Crippen molar-refractivity contribution in [2.24, 2.45) is 0 Å². The number of halogens is 7. The van der Waals surface area contributed by atoms with E-state index in [1.54, 1.807) is 0 Å². The molecule has 0 heterocycles. The number of carbonyl (C=O) groups is 1. The van der Waals surface area contributed by atoms with Crippen molar-refractivity contribution in [3.63, 3.8) is 0 Å². The second-order valence-corrected chi connectivity index (χ2v) is 3.75. The molecule has 0 aliphatic rings. The van der Waals surface area contributed by atoms with Crippen LogP contribution in [0.3, 0.4) is 0 Å². The molecule has 0 radical (unpaired) electrons. The number of alkyl halides is 6. The maximum Gasteiger partial charge on any atom is 0.434 e. The highest BCUT2D eigenvalue weighted by atomic mass is 19.4. The maximum absolute atomic E-state index is 13.3. The molecule has 1 aromatic carbocycles. The van der Waals surface area contributed by atoms with Crippen LogP contribution in [0, 0.1) is 5.82 Å². The van der Waals surface area contributed by atoms with Gasteiger partial charge in [0.15, 0.2) is 17.3 Å². The molecule has 0 aliphatic heterocycles. The highest BCUT2D eigenvalue weighted by Gasteiger charge is 2.59. The van der Waals surface area contributed by atoms with Crippen molar-refractivity contribution >= 4 is 5.78 Å². The maximum atomic E-state index is 13.3. The van der Waals surface area contributed by atoms with Gasteiger partial charge in [0, 0.05) is 0 Å². The number of carbonyl (C=O) groups excluding carboxylic acids is 1. The van der Waals surface area contributed by atoms with Gasteiger partial charge in [0.1, 0.15) is 0 Å². The molecule has 9 heteroatoms. The van der Waals surface area contributed by atoms with Crippen LogP contribution in [0.15, 0.2) is 18.2 Å². The van der Waals surface area contributed by atoms with Crippen molar-refractivity contribution in [3.8, 4) is 5.75 Å². The number of ether oxygens (including phenoxy) is 1. The van der Waals surface area contributed by atoms with Gasteiger partial charge in [-0.15, -0.1) is 0 Å². The van der Waals surface area contributed by atoms with Crippen LogP contribution in [0.2, 0.25) is 0 Å². The smallest absolute Gasteiger partial charge is 0.434 e. The number of hydrogen-bond acceptors (Lipinski definition) is 2. The molecule has 2 nitrogen and oxygen atoms in total. The molecule has 20 heavy (non-hydrogen) atoms. The Kier molecular flexibility index (Phi) is 4.30. The van der Waals surface area contributed by atoms with Gasteiger partial charge in [0.2, 0.25) is 0 Å². The summed E-state index contributed by atoms with van der Waals surface area (Å²) >= 11 is 0. The van der Waals surface area contributed by atoms with Crippen molar-refractivity contribution in [2.75, 3.05) is 0 Å². The van der Waals surface area contributed by atoms with Crippen LogP contribution in [0.1, 0.15) is 17.3 Å². The van der Waals surface area contributed by atoms with E-state index in [-0.39, 0.29) is 0 Å². The first-order valence-corrected chi connectivity index (χ1v) is 5.04. The molecule has 0 saturated carbocycles. The first-order chi connectivity index (χ1) is 8.94. The SMILES string of the molecule is CC(=O)c1cccc(F)c1OC(C(F)(F)F)C(F)(F)F. The number of para-hydroxylation sites is 1. The lowest BCUT2D eigenvalue weighted by molar-refractivity contribution is -0.300. The number of hydrogen-bond donors (Lipinski definition) is 0. The van der Waals surface area contributed by atoms with E-state index in [9.17, 15) is 35.5 Å². The summed E-state index contributed by atoms with van der Waals surface area (Å²) in [4.78, 5) is 11.1. The summed E-state index contributed by atoms with van der Waals surface area (Å²) in [7, 11) is 0. The minimum absolute atomic E-state index is 0.589. The van der Waals surface area contributed by atoms with E-state index >= 15 is 0 Å². The van der Waals surface area contributed by atoms with Gasteiger partial charge in [-0.05, 0) is 19.1 Å². The van der Waals surface area contributed by atoms with Gasteiger partial charge >= 0.3 is 12.4 Å². The van der Waals surface area contributed by atoms with E-state index in [2.05, 4.69) is 4.74 Å². The highest BCUT2D eigenvalue weighted by molar-refractivity contribution is 5.96. The average Bonchev–Trinajstić information content (AvgIpc) is 2.23. The van der Waals surface area contributed by atoms with Crippen LogP contribution in [0.4, 0.5) is 30.7 Å². The zero-order valence-corrected chi connectivity index (χ0v) is 9.77. The summed E-state index contributed by atoms with van der Waals surface area (Å²) in [5.41, 5.74) is -0.705. The lowest BCUT2D eigenvalue weighted by Crippen LogP contribution is -2.46. The van der Waals surface area contributed by atoms with E-state index in [1.807, 2.05) is 0 Å². The third-order valence-corrected chi connectivity index (χ3v) is 2.18. The molecule has 0 bridgehead atoms. The molecule has 0 aromatic heterocycles. The number of ketones is 1. The van der Waals surface area contributed by atoms with Gasteiger partial charge in [-0.1, -0.05) is 6.07 Å². The third kappa shape index (κ3) is 3.61. The van der Waals surface area contributed by atoms with Gasteiger partial charge in [-0.2, -0.15) is 26.3 Å². The fraction of sp³-hybridized carbons (Fsp3) is 0.364. The molecule has 1 aromatic rings. The minimum atomic E-state index is -5.80. The average molecular weight is 304 g/mol. The molecule has 0 unspecified atom stereocenters. The molecule has 0 spiro atoms. The third-order valence-electron chi connectivity index (χ3n) is 2.18. The summed E-state index contributed by atoms with van der Waals surface area (Å²) in [6, 6.07) is 2.42. The molecule has 112 valence electrons. The Bertz CT molecular complexity index is 490. The quantitative estimate of drug-likeness (QED) is 0.625. The molecule has 0 aliphatic carbocycles. The molecule has 0 amide bonds. The Balaban J connectivity index is 3.29. The normalized spacial score (nSPS) is 12.7. The summed E-state index contributed by atoms with van der Waals surface area (Å²) in [6.45, 7) is 0.859. The molecule has 0 N–H and O–H groups in total. The predicted octanol–water partition coefficient (Wildman–Crippen LogP) is 3.90. The van der Waals surface area contributed by atoms with Gasteiger partial charge in [-0.3, -0.25) is 4.79 Å². The standard InChI is InChI=1S/C11H7F7O2/c1-5(19)6-3-2-4-7(12)8(6)20-9(10(13,14)15)11(16,17)18/h2-4,9H,1H3. The van der Waals surface area contributed by atoms with Crippen molar-refractivity contribution in [1.82, 2.24) is 0 Å². The van der Waals surface area contributed by atoms with Crippen LogP contribution in [0.25, 0.3) is 0 Å². The first-order valence-electron chi connectivity index (χ1n) is 5.04. The Hall–Kier alpha value is -1.80. The lowest BCUT2D eigenvalue weighted by atomic mass is 10.1. The Morgan fingerprint density at radius 3 is 2.00 bits per heavy atom. The topological polar surface area (TPSA) is 26.3 Å². The molecular formula is C11H7F7O2. The monoisotopic (exact) mass is 304 g/mol. The molecule has 0 saturated heterocycles. The first kappa shape index (κ1) is 16.3. The van der Waals surface area contributed by atoms with E-state index in [4.69, 9.17) is 0 Å². The van der Waals surface area contributed by atoms with Gasteiger partial charge in [0.25, 0.3) is 6.10 Å². The van der Waals surface area contributed by atoms with Crippen molar-refractivity contribution in [1.29, 1.82) is 0 Å². The van der Waals surface area contributed by atoms with Crippen molar-refractivity contribution < 1.29 is 40.3 Å². The number of benzene rings is 1. The fourth-order valence-electron chi connectivity index (χ4n) is 1.34. The molecular weight excluding hydrogens is 297 g/mol. The Labute approximate surface area is 108 Å². The summed E-state index contributed by atoms with van der Waals surface area (Å²) < 4.78 is 90.9. The van der Waals surface area contributed by atoms with Crippen molar-refractivity contribution in [2.45, 2.75) is 25.4 Å². The predicted molar refractivity (Wildman–Crippen MR) is 52.9 cm³/mol. The molecule has 1 rings (SSSR count). The minimum Gasteiger partial charge on any atom is -0.467 e. The van der Waals surface area contributed by atoms with Crippen LogP contribution in [-0.4, -0.2) is 24.2 Å². The lowest BCUT2D eigenvalue weighted by Gasteiger charge is -2.24. The van der Waals surface area contributed by atoms with Crippen molar-refractivity contribution in [3.05, 3.63) is 29.6 Å². The Morgan fingerprint density at radius 1 is 1.10 bits per heavy atom. The fourth-order valence-corrected chi connectivity index (χ4v) is 1.34. The van der Waals surface area contributed by atoms with Gasteiger partial charge in [0.05, 0.1) is 5.56 Å². The molecule has 0 fully saturated rings. The van der Waals surface area contributed by atoms with Gasteiger partial charge < -0.3 is 4.74 Å². The number of rotatable bonds is 3. The Morgan fingerprint density at radius 2 is 1.60 bits per heavy atom. The van der Waals surface area contributed by atoms with E-state index in [0.717, 1.165) is 19.1 Å². The zero-order chi connectivity index (χ0) is 15.7. The second kappa shape index (κ2) is 5.29. The second-order valence-electron chi connectivity index (χ2n) is 3.75. The van der Waals surface area contributed by atoms with Gasteiger partial charge in [-0.25, -0.2) is 4.39 Å². The summed E-state index contributed by atoms with van der Waals surface area (Å²) in [5.74, 6) is -3.79. The van der Waals surface area contributed by atoms with E-state index in [1.165, 1.54) is 0 Å². The van der Waals surface area contributed by atoms with Crippen LogP contribution < -0.4 is 4.74 Å². The molecule has 0 atom stereocenters.